The van der Waals surface area contributed by atoms with Crippen molar-refractivity contribution in [3.63, 3.8) is 0 Å². The number of fused-ring (bicyclic) bond motifs is 1. The van der Waals surface area contributed by atoms with Crippen LogP contribution in [0.3, 0.4) is 0 Å². The summed E-state index contributed by atoms with van der Waals surface area (Å²) < 4.78 is 5.10. The Kier molecular flexibility index (Phi) is 2.44. The molecule has 0 unspecified atom stereocenters. The van der Waals surface area contributed by atoms with Crippen molar-refractivity contribution in [3.05, 3.63) is 41.0 Å². The van der Waals surface area contributed by atoms with Gasteiger partial charge in [-0.25, -0.2) is 9.83 Å². The minimum absolute atomic E-state index is 0.419. The summed E-state index contributed by atoms with van der Waals surface area (Å²) in [5, 5.41) is 2.10. The number of methoxy groups -OCH3 is 1. The Hall–Kier alpha value is -1.79. The SMILES string of the molecule is [C-]#[N+]c1cc2ccnc(Cl)c2cc1OC. The molecule has 2 aromatic rings. The Bertz CT molecular complexity index is 560. The Labute approximate surface area is 92.1 Å². The molecule has 0 aliphatic rings. The van der Waals surface area contributed by atoms with Crippen molar-refractivity contribution in [3.8, 4) is 5.75 Å². The first-order valence-electron chi connectivity index (χ1n) is 4.26. The van der Waals surface area contributed by atoms with E-state index in [1.165, 1.54) is 7.11 Å². The number of halogens is 1. The molecule has 0 N–H and O–H groups in total. The topological polar surface area (TPSA) is 26.5 Å². The van der Waals surface area contributed by atoms with Crippen LogP contribution in [0.5, 0.6) is 5.75 Å². The fraction of sp³-hybridized carbons (Fsp3) is 0.0909. The molecule has 0 aliphatic heterocycles. The van der Waals surface area contributed by atoms with Gasteiger partial charge < -0.3 is 4.74 Å². The minimum atomic E-state index is 0.419. The normalized spacial score (nSPS) is 9.93. The maximum Gasteiger partial charge on any atom is 0.228 e. The van der Waals surface area contributed by atoms with Crippen LogP contribution in [0.25, 0.3) is 15.6 Å². The van der Waals surface area contributed by atoms with Gasteiger partial charge in [0.2, 0.25) is 5.69 Å². The molecular weight excluding hydrogens is 212 g/mol. The molecule has 4 heteroatoms. The van der Waals surface area contributed by atoms with Crippen molar-refractivity contribution in [1.82, 2.24) is 4.98 Å². The second-order valence-electron chi connectivity index (χ2n) is 2.96. The molecule has 0 fully saturated rings. The minimum Gasteiger partial charge on any atom is -0.508 e. The van der Waals surface area contributed by atoms with Crippen molar-refractivity contribution >= 4 is 28.1 Å². The highest BCUT2D eigenvalue weighted by atomic mass is 35.5. The van der Waals surface area contributed by atoms with E-state index in [2.05, 4.69) is 9.83 Å². The van der Waals surface area contributed by atoms with Gasteiger partial charge in [-0.3, -0.25) is 0 Å². The number of benzene rings is 1. The first-order valence-corrected chi connectivity index (χ1v) is 4.64. The van der Waals surface area contributed by atoms with Gasteiger partial charge >= 0.3 is 0 Å². The third-order valence-electron chi connectivity index (χ3n) is 2.14. The van der Waals surface area contributed by atoms with E-state index in [9.17, 15) is 0 Å². The monoisotopic (exact) mass is 218 g/mol. The quantitative estimate of drug-likeness (QED) is 0.541. The zero-order chi connectivity index (χ0) is 10.8. The second-order valence-corrected chi connectivity index (χ2v) is 3.32. The lowest BCUT2D eigenvalue weighted by molar-refractivity contribution is 0.418. The highest BCUT2D eigenvalue weighted by Crippen LogP contribution is 2.34. The molecule has 0 bridgehead atoms. The predicted octanol–water partition coefficient (Wildman–Crippen LogP) is 3.45. The average Bonchev–Trinajstić information content (AvgIpc) is 2.28. The first kappa shape index (κ1) is 9.75. The smallest absolute Gasteiger partial charge is 0.228 e. The van der Waals surface area contributed by atoms with Gasteiger partial charge in [-0.05, 0) is 23.6 Å². The van der Waals surface area contributed by atoms with E-state index in [-0.39, 0.29) is 0 Å². The first-order chi connectivity index (χ1) is 7.26. The third kappa shape index (κ3) is 1.60. The van der Waals surface area contributed by atoms with Gasteiger partial charge in [0.05, 0.1) is 13.7 Å². The molecule has 0 spiro atoms. The Morgan fingerprint density at radius 2 is 2.27 bits per heavy atom. The van der Waals surface area contributed by atoms with Crippen molar-refractivity contribution in [1.29, 1.82) is 0 Å². The van der Waals surface area contributed by atoms with Gasteiger partial charge in [-0.2, -0.15) is 0 Å². The second kappa shape index (κ2) is 3.76. The molecule has 1 aromatic carbocycles. The van der Waals surface area contributed by atoms with Crippen LogP contribution in [0.15, 0.2) is 24.4 Å². The molecule has 0 saturated carbocycles. The molecular formula is C11H7ClN2O. The van der Waals surface area contributed by atoms with Gasteiger partial charge in [0.1, 0.15) is 10.9 Å². The molecule has 1 heterocycles. The molecule has 1 aromatic heterocycles. The summed E-state index contributed by atoms with van der Waals surface area (Å²) in [7, 11) is 1.53. The summed E-state index contributed by atoms with van der Waals surface area (Å²) in [5.41, 5.74) is 0.479. The van der Waals surface area contributed by atoms with Crippen LogP contribution in [0.4, 0.5) is 5.69 Å². The standard InChI is InChI=1S/C11H7ClN2O/c1-13-9-5-7-3-4-14-11(12)8(7)6-10(9)15-2/h3-6H,2H3. The van der Waals surface area contributed by atoms with Crippen LogP contribution in [0.1, 0.15) is 0 Å². The van der Waals surface area contributed by atoms with E-state index in [1.807, 2.05) is 6.07 Å². The molecule has 74 valence electrons. The predicted molar refractivity (Wildman–Crippen MR) is 59.6 cm³/mol. The van der Waals surface area contributed by atoms with E-state index in [0.717, 1.165) is 10.8 Å². The summed E-state index contributed by atoms with van der Waals surface area (Å²) >= 11 is 5.94. The number of hydrogen-bond donors (Lipinski definition) is 0. The summed E-state index contributed by atoms with van der Waals surface area (Å²) in [4.78, 5) is 7.35. The van der Waals surface area contributed by atoms with Crippen molar-refractivity contribution in [2.75, 3.05) is 7.11 Å². The van der Waals surface area contributed by atoms with Gasteiger partial charge in [0.25, 0.3) is 0 Å². The number of rotatable bonds is 1. The van der Waals surface area contributed by atoms with Crippen LogP contribution in [0.2, 0.25) is 5.15 Å². The Morgan fingerprint density at radius 3 is 2.93 bits per heavy atom. The highest BCUT2D eigenvalue weighted by molar-refractivity contribution is 6.34. The van der Waals surface area contributed by atoms with E-state index in [4.69, 9.17) is 22.9 Å². The van der Waals surface area contributed by atoms with Gasteiger partial charge in [-0.1, -0.05) is 11.6 Å². The molecule has 2 rings (SSSR count). The zero-order valence-corrected chi connectivity index (χ0v) is 8.75. The molecule has 15 heavy (non-hydrogen) atoms. The summed E-state index contributed by atoms with van der Waals surface area (Å²) in [6.07, 6.45) is 1.62. The Morgan fingerprint density at radius 1 is 1.47 bits per heavy atom. The van der Waals surface area contributed by atoms with Crippen LogP contribution >= 0.6 is 11.6 Å². The number of hydrogen-bond acceptors (Lipinski definition) is 2. The average molecular weight is 219 g/mol. The largest absolute Gasteiger partial charge is 0.508 e. The highest BCUT2D eigenvalue weighted by Gasteiger charge is 2.07. The molecule has 0 atom stereocenters. The van der Waals surface area contributed by atoms with E-state index in [0.29, 0.717) is 16.6 Å². The summed E-state index contributed by atoms with van der Waals surface area (Å²) in [6, 6.07) is 5.29. The molecule has 0 amide bonds. The lowest BCUT2D eigenvalue weighted by Gasteiger charge is -2.05. The lowest BCUT2D eigenvalue weighted by Crippen LogP contribution is -1.85. The van der Waals surface area contributed by atoms with Crippen LogP contribution in [-0.4, -0.2) is 12.1 Å². The summed E-state index contributed by atoms with van der Waals surface area (Å²) in [6.45, 7) is 7.01. The van der Waals surface area contributed by atoms with E-state index >= 15 is 0 Å². The number of pyridine rings is 1. The van der Waals surface area contributed by atoms with Crippen LogP contribution in [0, 0.1) is 6.57 Å². The molecule has 0 saturated heterocycles. The van der Waals surface area contributed by atoms with Crippen molar-refractivity contribution in [2.24, 2.45) is 0 Å². The molecule has 3 nitrogen and oxygen atoms in total. The molecule has 0 radical (unpaired) electrons. The maximum absolute atomic E-state index is 7.01. The van der Waals surface area contributed by atoms with E-state index in [1.54, 1.807) is 18.3 Å². The third-order valence-corrected chi connectivity index (χ3v) is 2.44. The lowest BCUT2D eigenvalue weighted by atomic mass is 10.1. The van der Waals surface area contributed by atoms with Crippen molar-refractivity contribution in [2.45, 2.75) is 0 Å². The summed E-state index contributed by atoms with van der Waals surface area (Å²) in [5.74, 6) is 0.521. The Balaban J connectivity index is 2.83. The fourth-order valence-corrected chi connectivity index (χ4v) is 1.62. The van der Waals surface area contributed by atoms with Gasteiger partial charge in [0.15, 0.2) is 0 Å². The van der Waals surface area contributed by atoms with Gasteiger partial charge in [0, 0.05) is 11.6 Å². The maximum atomic E-state index is 7.01. The number of ether oxygens (including phenoxy) is 1. The van der Waals surface area contributed by atoms with Crippen molar-refractivity contribution < 1.29 is 4.74 Å². The number of nitrogens with zero attached hydrogens (tertiary/aromatic N) is 2. The van der Waals surface area contributed by atoms with Crippen LogP contribution in [-0.2, 0) is 0 Å². The van der Waals surface area contributed by atoms with E-state index < -0.39 is 0 Å². The van der Waals surface area contributed by atoms with Gasteiger partial charge in [-0.15, -0.1) is 0 Å². The fourth-order valence-electron chi connectivity index (χ4n) is 1.40. The van der Waals surface area contributed by atoms with Crippen LogP contribution < -0.4 is 4.74 Å². The number of aromatic nitrogens is 1. The molecule has 0 aliphatic carbocycles. The zero-order valence-electron chi connectivity index (χ0n) is 7.99.